The van der Waals surface area contributed by atoms with Crippen molar-refractivity contribution in [2.24, 2.45) is 0 Å². The number of carbonyl (C=O) groups is 1. The van der Waals surface area contributed by atoms with Crippen molar-refractivity contribution in [3.63, 3.8) is 0 Å². The van der Waals surface area contributed by atoms with Crippen molar-refractivity contribution >= 4 is 25.2 Å². The zero-order valence-corrected chi connectivity index (χ0v) is 20.9. The molecule has 0 aliphatic carbocycles. The van der Waals surface area contributed by atoms with Gasteiger partial charge in [-0.3, -0.25) is 9.59 Å². The van der Waals surface area contributed by atoms with Crippen molar-refractivity contribution in [2.75, 3.05) is 40.0 Å². The van der Waals surface area contributed by atoms with E-state index in [0.29, 0.717) is 37.1 Å². The summed E-state index contributed by atoms with van der Waals surface area (Å²) in [7, 11) is 3.78. The Labute approximate surface area is 211 Å². The van der Waals surface area contributed by atoms with Gasteiger partial charge in [0.25, 0.3) is 5.56 Å². The molecule has 1 aromatic heterocycles. The van der Waals surface area contributed by atoms with Gasteiger partial charge in [-0.2, -0.15) is 0 Å². The number of likely N-dealkylation sites (tertiary alicyclic amines) is 1. The van der Waals surface area contributed by atoms with Gasteiger partial charge in [0.2, 0.25) is 0 Å². The third-order valence-corrected chi connectivity index (χ3v) is 7.34. The number of hydrogen-bond donors (Lipinski definition) is 0. The minimum atomic E-state index is -0.160. The highest BCUT2D eigenvalue weighted by Gasteiger charge is 2.23. The first-order chi connectivity index (χ1) is 17.6. The lowest BCUT2D eigenvalue weighted by Gasteiger charge is -2.37. The number of ether oxygens (including phenoxy) is 3. The van der Waals surface area contributed by atoms with E-state index in [2.05, 4.69) is 29.8 Å². The summed E-state index contributed by atoms with van der Waals surface area (Å²) in [5.74, 6) is 2.33. The summed E-state index contributed by atoms with van der Waals surface area (Å²) in [6.45, 7) is 5.39. The van der Waals surface area contributed by atoms with Crippen LogP contribution in [0.3, 0.4) is 0 Å². The monoisotopic (exact) mass is 489 g/mol. The number of pyridine rings is 1. The number of aldehydes is 1. The molecule has 2 aliphatic rings. The van der Waals surface area contributed by atoms with Gasteiger partial charge in [0.05, 0.1) is 12.6 Å². The molecular weight excluding hydrogens is 457 g/mol. The fraction of sp³-hybridized carbons (Fsp3) is 0.407. The summed E-state index contributed by atoms with van der Waals surface area (Å²) in [5, 5.41) is 0.768. The molecule has 8 nitrogen and oxygen atoms in total. The minimum Gasteiger partial charge on any atom is -0.497 e. The zero-order valence-electron chi connectivity index (χ0n) is 20.9. The number of rotatable bonds is 8. The lowest BCUT2D eigenvalue weighted by atomic mass is 9.99. The molecule has 3 aromatic rings. The van der Waals surface area contributed by atoms with E-state index in [9.17, 15) is 9.59 Å². The van der Waals surface area contributed by atoms with Crippen LogP contribution < -0.4 is 19.8 Å². The van der Waals surface area contributed by atoms with Crippen LogP contribution in [0.2, 0.25) is 0 Å². The molecule has 1 fully saturated rings. The Morgan fingerprint density at radius 2 is 1.83 bits per heavy atom. The molecule has 0 amide bonds. The largest absolute Gasteiger partial charge is 0.497 e. The summed E-state index contributed by atoms with van der Waals surface area (Å²) in [6, 6.07) is 13.6. The number of benzene rings is 2. The quantitative estimate of drug-likeness (QED) is 0.355. The maximum atomic E-state index is 12.8. The fourth-order valence-corrected chi connectivity index (χ4v) is 5.27. The van der Waals surface area contributed by atoms with Crippen LogP contribution in [0, 0.1) is 0 Å². The second kappa shape index (κ2) is 10.8. The van der Waals surface area contributed by atoms with Crippen molar-refractivity contribution in [3.05, 3.63) is 63.9 Å². The molecule has 0 atom stereocenters. The lowest BCUT2D eigenvalue weighted by Crippen LogP contribution is -2.44. The molecule has 0 spiro atoms. The van der Waals surface area contributed by atoms with Gasteiger partial charge in [-0.25, -0.2) is 0 Å². The highest BCUT2D eigenvalue weighted by Crippen LogP contribution is 2.31. The summed E-state index contributed by atoms with van der Waals surface area (Å²) in [5.41, 5.74) is 2.21. The summed E-state index contributed by atoms with van der Waals surface area (Å²) < 4.78 is 18.5. The van der Waals surface area contributed by atoms with E-state index in [1.54, 1.807) is 11.7 Å². The molecule has 2 aromatic carbocycles. The fourth-order valence-electron chi connectivity index (χ4n) is 5.27. The Balaban J connectivity index is 1.19. The molecule has 0 radical (unpaired) electrons. The van der Waals surface area contributed by atoms with Crippen molar-refractivity contribution in [1.29, 1.82) is 0 Å². The van der Waals surface area contributed by atoms with E-state index in [4.69, 9.17) is 14.2 Å². The molecule has 2 aliphatic heterocycles. The standard InChI is InChI=1S/C27H32BN3O5/c1-34-22-3-4-23-20(18-32)15-27(33)30(24(23)16-22)11-10-29-8-6-21(7-9-29)31(28)17-19-2-5-25-26(14-19)36-13-12-35-25/h2-5,14-16,18,21H,6-13,17,28H2,1H3. The Bertz CT molecular complexity index is 1300. The van der Waals surface area contributed by atoms with Gasteiger partial charge in [-0.15, -0.1) is 0 Å². The predicted octanol–water partition coefficient (Wildman–Crippen LogP) is 2.11. The van der Waals surface area contributed by atoms with Crippen LogP contribution in [0.15, 0.2) is 47.3 Å². The molecule has 5 rings (SSSR count). The van der Waals surface area contributed by atoms with Crippen LogP contribution in [0.5, 0.6) is 17.2 Å². The highest BCUT2D eigenvalue weighted by atomic mass is 16.6. The van der Waals surface area contributed by atoms with Gasteiger partial charge >= 0.3 is 0 Å². The number of aromatic nitrogens is 1. The number of fused-ring (bicyclic) bond motifs is 2. The predicted molar refractivity (Wildman–Crippen MR) is 141 cm³/mol. The van der Waals surface area contributed by atoms with Crippen molar-refractivity contribution < 1.29 is 19.0 Å². The van der Waals surface area contributed by atoms with Gasteiger partial charge < -0.3 is 28.5 Å². The average Bonchev–Trinajstić information content (AvgIpc) is 2.92. The molecule has 0 N–H and O–H groups in total. The van der Waals surface area contributed by atoms with Crippen LogP contribution >= 0.6 is 0 Å². The third kappa shape index (κ3) is 5.13. The highest BCUT2D eigenvalue weighted by molar-refractivity contribution is 6.04. The average molecular weight is 489 g/mol. The van der Waals surface area contributed by atoms with E-state index in [1.807, 2.05) is 24.3 Å². The van der Waals surface area contributed by atoms with E-state index < -0.39 is 0 Å². The van der Waals surface area contributed by atoms with E-state index >= 15 is 0 Å². The number of piperidine rings is 1. The van der Waals surface area contributed by atoms with Crippen LogP contribution in [-0.2, 0) is 13.1 Å². The Kier molecular flexibility index (Phi) is 7.29. The van der Waals surface area contributed by atoms with E-state index in [1.165, 1.54) is 11.6 Å². The van der Waals surface area contributed by atoms with Crippen molar-refractivity contribution in [1.82, 2.24) is 14.3 Å². The maximum absolute atomic E-state index is 12.8. The van der Waals surface area contributed by atoms with Crippen molar-refractivity contribution in [3.8, 4) is 17.2 Å². The van der Waals surface area contributed by atoms with E-state index in [0.717, 1.165) is 67.7 Å². The molecular formula is C27H32BN3O5. The summed E-state index contributed by atoms with van der Waals surface area (Å²) in [4.78, 5) is 29.2. The van der Waals surface area contributed by atoms with Crippen molar-refractivity contribution in [2.45, 2.75) is 32.0 Å². The van der Waals surface area contributed by atoms with Crippen LogP contribution in [0.1, 0.15) is 28.8 Å². The summed E-state index contributed by atoms with van der Waals surface area (Å²) in [6.07, 6.45) is 2.90. The molecule has 0 saturated carbocycles. The summed E-state index contributed by atoms with van der Waals surface area (Å²) >= 11 is 0. The molecule has 0 unspecified atom stereocenters. The van der Waals surface area contributed by atoms with Gasteiger partial charge in [-0.05, 0) is 55.8 Å². The molecule has 36 heavy (non-hydrogen) atoms. The van der Waals surface area contributed by atoms with Gasteiger partial charge in [0.1, 0.15) is 19.0 Å². The molecule has 9 heteroatoms. The number of hydrogen-bond acceptors (Lipinski definition) is 7. The van der Waals surface area contributed by atoms with Gasteiger partial charge in [-0.1, -0.05) is 6.07 Å². The smallest absolute Gasteiger partial charge is 0.251 e. The molecule has 188 valence electrons. The second-order valence-corrected chi connectivity index (χ2v) is 9.56. The first-order valence-electron chi connectivity index (χ1n) is 12.5. The zero-order chi connectivity index (χ0) is 25.1. The maximum Gasteiger partial charge on any atom is 0.251 e. The Morgan fingerprint density at radius 3 is 2.58 bits per heavy atom. The van der Waals surface area contributed by atoms with Crippen LogP contribution in [-0.4, -0.2) is 74.5 Å². The normalized spacial score (nSPS) is 16.4. The van der Waals surface area contributed by atoms with Gasteiger partial charge in [0.15, 0.2) is 25.8 Å². The molecule has 1 saturated heterocycles. The van der Waals surface area contributed by atoms with E-state index in [-0.39, 0.29) is 5.56 Å². The second-order valence-electron chi connectivity index (χ2n) is 9.56. The lowest BCUT2D eigenvalue weighted by molar-refractivity contribution is 0.112. The third-order valence-electron chi connectivity index (χ3n) is 7.34. The van der Waals surface area contributed by atoms with Crippen LogP contribution in [0.4, 0.5) is 0 Å². The molecule has 0 bridgehead atoms. The minimum absolute atomic E-state index is 0.160. The number of methoxy groups -OCH3 is 1. The molecule has 3 heterocycles. The Morgan fingerprint density at radius 1 is 1.06 bits per heavy atom. The SMILES string of the molecule is BN(Cc1ccc2c(c1)OCCO2)C1CCN(CCn2c(=O)cc(C=O)c3ccc(OC)cc32)CC1. The first kappa shape index (κ1) is 24.4. The first-order valence-corrected chi connectivity index (χ1v) is 12.5. The van der Waals surface area contributed by atoms with Crippen LogP contribution in [0.25, 0.3) is 10.9 Å². The number of carbonyl (C=O) groups excluding carboxylic acids is 1. The number of nitrogens with zero attached hydrogens (tertiary/aromatic N) is 3. The van der Waals surface area contributed by atoms with Gasteiger partial charge in [0, 0.05) is 48.8 Å². The Hall–Kier alpha value is -3.30. The topological polar surface area (TPSA) is 73.2 Å².